The third-order valence-corrected chi connectivity index (χ3v) is 3.01. The second kappa shape index (κ2) is 4.23. The Balaban J connectivity index is 2.35. The van der Waals surface area contributed by atoms with Crippen LogP contribution in [0.25, 0.3) is 0 Å². The summed E-state index contributed by atoms with van der Waals surface area (Å²) in [4.78, 5) is 0. The fraction of sp³-hybridized carbons (Fsp3) is 0.538. The van der Waals surface area contributed by atoms with Gasteiger partial charge in [0.15, 0.2) is 0 Å². The van der Waals surface area contributed by atoms with Gasteiger partial charge in [0.1, 0.15) is 5.75 Å². The number of fused-ring (bicyclic) bond motifs is 1. The van der Waals surface area contributed by atoms with Crippen molar-refractivity contribution in [2.24, 2.45) is 0 Å². The van der Waals surface area contributed by atoms with Crippen LogP contribution in [0.5, 0.6) is 5.75 Å². The summed E-state index contributed by atoms with van der Waals surface area (Å²) < 4.78 is 5.36. The molecule has 1 aromatic rings. The van der Waals surface area contributed by atoms with E-state index in [1.54, 1.807) is 7.11 Å². The summed E-state index contributed by atoms with van der Waals surface area (Å²) in [5.74, 6) is 0.927. The summed E-state index contributed by atoms with van der Waals surface area (Å²) in [6.07, 6.45) is 3.96. The SMILES string of the molecule is COc1cc2c(cc1CC(C)O)CCC2. The van der Waals surface area contributed by atoms with Crippen molar-refractivity contribution in [3.8, 4) is 5.75 Å². The van der Waals surface area contributed by atoms with E-state index in [-0.39, 0.29) is 6.10 Å². The number of rotatable bonds is 3. The van der Waals surface area contributed by atoms with Gasteiger partial charge < -0.3 is 9.84 Å². The highest BCUT2D eigenvalue weighted by Crippen LogP contribution is 2.30. The van der Waals surface area contributed by atoms with Crippen LogP contribution in [0.1, 0.15) is 30.0 Å². The zero-order valence-electron chi connectivity index (χ0n) is 9.42. The lowest BCUT2D eigenvalue weighted by Gasteiger charge is -2.12. The third kappa shape index (κ3) is 2.15. The van der Waals surface area contributed by atoms with Gasteiger partial charge in [0.05, 0.1) is 13.2 Å². The first-order chi connectivity index (χ1) is 7.20. The number of aliphatic hydroxyl groups is 1. The van der Waals surface area contributed by atoms with Gasteiger partial charge in [-0.05, 0) is 48.9 Å². The molecule has 0 heterocycles. The minimum Gasteiger partial charge on any atom is -0.496 e. The highest BCUT2D eigenvalue weighted by molar-refractivity contribution is 5.45. The zero-order chi connectivity index (χ0) is 10.8. The molecule has 1 aliphatic carbocycles. The summed E-state index contributed by atoms with van der Waals surface area (Å²) in [6.45, 7) is 1.81. The number of benzene rings is 1. The van der Waals surface area contributed by atoms with Crippen LogP contribution in [0.2, 0.25) is 0 Å². The molecular weight excluding hydrogens is 188 g/mol. The molecule has 0 aliphatic heterocycles. The predicted octanol–water partition coefficient (Wildman–Crippen LogP) is 2.11. The van der Waals surface area contributed by atoms with E-state index in [0.717, 1.165) is 11.3 Å². The van der Waals surface area contributed by atoms with Crippen LogP contribution in [0.3, 0.4) is 0 Å². The fourth-order valence-electron chi connectivity index (χ4n) is 2.32. The predicted molar refractivity (Wildman–Crippen MR) is 60.4 cm³/mol. The zero-order valence-corrected chi connectivity index (χ0v) is 9.42. The number of methoxy groups -OCH3 is 1. The van der Waals surface area contributed by atoms with Gasteiger partial charge in [-0.1, -0.05) is 6.07 Å². The molecule has 2 rings (SSSR count). The molecule has 0 amide bonds. The first-order valence-electron chi connectivity index (χ1n) is 5.57. The van der Waals surface area contributed by atoms with Crippen LogP contribution in [0.15, 0.2) is 12.1 Å². The van der Waals surface area contributed by atoms with E-state index >= 15 is 0 Å². The summed E-state index contributed by atoms with van der Waals surface area (Å²) in [5.41, 5.74) is 3.99. The van der Waals surface area contributed by atoms with E-state index in [1.165, 1.54) is 30.4 Å². The Morgan fingerprint density at radius 2 is 2.00 bits per heavy atom. The maximum Gasteiger partial charge on any atom is 0.122 e. The smallest absolute Gasteiger partial charge is 0.122 e. The number of aliphatic hydroxyl groups excluding tert-OH is 1. The van der Waals surface area contributed by atoms with Crippen LogP contribution in [0, 0.1) is 0 Å². The van der Waals surface area contributed by atoms with E-state index < -0.39 is 0 Å². The molecule has 1 N–H and O–H groups in total. The largest absolute Gasteiger partial charge is 0.496 e. The lowest BCUT2D eigenvalue weighted by atomic mass is 10.0. The molecule has 2 nitrogen and oxygen atoms in total. The summed E-state index contributed by atoms with van der Waals surface area (Å²) in [6, 6.07) is 4.34. The number of ether oxygens (including phenoxy) is 1. The molecule has 0 saturated carbocycles. The lowest BCUT2D eigenvalue weighted by molar-refractivity contribution is 0.194. The van der Waals surface area contributed by atoms with Gasteiger partial charge in [0.2, 0.25) is 0 Å². The van der Waals surface area contributed by atoms with Crippen molar-refractivity contribution in [2.75, 3.05) is 7.11 Å². The molecule has 82 valence electrons. The molecular formula is C13H18O2. The van der Waals surface area contributed by atoms with Crippen LogP contribution >= 0.6 is 0 Å². The summed E-state index contributed by atoms with van der Waals surface area (Å²) in [7, 11) is 1.70. The quantitative estimate of drug-likeness (QED) is 0.820. The molecule has 0 saturated heterocycles. The molecule has 1 aromatic carbocycles. The fourth-order valence-corrected chi connectivity index (χ4v) is 2.32. The maximum absolute atomic E-state index is 9.42. The Morgan fingerprint density at radius 1 is 1.33 bits per heavy atom. The van der Waals surface area contributed by atoms with Crippen molar-refractivity contribution in [1.82, 2.24) is 0 Å². The van der Waals surface area contributed by atoms with Gasteiger partial charge in [0.25, 0.3) is 0 Å². The highest BCUT2D eigenvalue weighted by Gasteiger charge is 2.15. The van der Waals surface area contributed by atoms with E-state index in [2.05, 4.69) is 12.1 Å². The molecule has 2 heteroatoms. The average Bonchev–Trinajstić information content (AvgIpc) is 2.62. The molecule has 1 atom stereocenters. The normalized spacial score (nSPS) is 16.2. The third-order valence-electron chi connectivity index (χ3n) is 3.01. The monoisotopic (exact) mass is 206 g/mol. The van der Waals surface area contributed by atoms with Crippen molar-refractivity contribution < 1.29 is 9.84 Å². The standard InChI is InChI=1S/C13H18O2/c1-9(14)6-12-7-10-4-3-5-11(10)8-13(12)15-2/h7-9,14H,3-6H2,1-2H3. The topological polar surface area (TPSA) is 29.5 Å². The number of hydrogen-bond acceptors (Lipinski definition) is 2. The maximum atomic E-state index is 9.42. The van der Waals surface area contributed by atoms with Crippen molar-refractivity contribution in [1.29, 1.82) is 0 Å². The molecule has 0 fully saturated rings. The molecule has 0 aromatic heterocycles. The Labute approximate surface area is 90.9 Å². The average molecular weight is 206 g/mol. The van der Waals surface area contributed by atoms with Gasteiger partial charge in [-0.2, -0.15) is 0 Å². The van der Waals surface area contributed by atoms with Gasteiger partial charge in [-0.15, -0.1) is 0 Å². The highest BCUT2D eigenvalue weighted by atomic mass is 16.5. The Morgan fingerprint density at radius 3 is 2.60 bits per heavy atom. The lowest BCUT2D eigenvalue weighted by Crippen LogP contribution is -2.06. The minimum atomic E-state index is -0.307. The Hall–Kier alpha value is -1.02. The second-order valence-corrected chi connectivity index (χ2v) is 4.34. The molecule has 15 heavy (non-hydrogen) atoms. The van der Waals surface area contributed by atoms with Crippen LogP contribution in [-0.4, -0.2) is 18.3 Å². The van der Waals surface area contributed by atoms with Crippen LogP contribution < -0.4 is 4.74 Å². The van der Waals surface area contributed by atoms with E-state index in [9.17, 15) is 5.11 Å². The first-order valence-corrected chi connectivity index (χ1v) is 5.57. The van der Waals surface area contributed by atoms with Crippen molar-refractivity contribution >= 4 is 0 Å². The van der Waals surface area contributed by atoms with Gasteiger partial charge in [0, 0.05) is 6.42 Å². The van der Waals surface area contributed by atoms with E-state index in [0.29, 0.717) is 6.42 Å². The summed E-state index contributed by atoms with van der Waals surface area (Å²) >= 11 is 0. The molecule has 0 radical (unpaired) electrons. The number of hydrogen-bond donors (Lipinski definition) is 1. The molecule has 0 spiro atoms. The second-order valence-electron chi connectivity index (χ2n) is 4.34. The Bertz CT molecular complexity index is 356. The van der Waals surface area contributed by atoms with Crippen LogP contribution in [-0.2, 0) is 19.3 Å². The van der Waals surface area contributed by atoms with Crippen molar-refractivity contribution in [3.05, 3.63) is 28.8 Å². The van der Waals surface area contributed by atoms with Gasteiger partial charge in [-0.25, -0.2) is 0 Å². The first kappa shape index (κ1) is 10.5. The van der Waals surface area contributed by atoms with Gasteiger partial charge in [-0.3, -0.25) is 0 Å². The number of aryl methyl sites for hydroxylation is 2. The molecule has 0 bridgehead atoms. The molecule has 1 aliphatic rings. The Kier molecular flexibility index (Phi) is 2.96. The van der Waals surface area contributed by atoms with Crippen molar-refractivity contribution in [2.45, 2.75) is 38.7 Å². The minimum absolute atomic E-state index is 0.307. The molecule has 1 unspecified atom stereocenters. The summed E-state index contributed by atoms with van der Waals surface area (Å²) in [5, 5.41) is 9.42. The van der Waals surface area contributed by atoms with Crippen LogP contribution in [0.4, 0.5) is 0 Å². The van der Waals surface area contributed by atoms with E-state index in [1.807, 2.05) is 6.92 Å². The van der Waals surface area contributed by atoms with E-state index in [4.69, 9.17) is 4.74 Å². The van der Waals surface area contributed by atoms with Gasteiger partial charge >= 0.3 is 0 Å². The van der Waals surface area contributed by atoms with Crippen molar-refractivity contribution in [3.63, 3.8) is 0 Å².